The van der Waals surface area contributed by atoms with Crippen LogP contribution in [-0.2, 0) is 27.3 Å². The van der Waals surface area contributed by atoms with Crippen LogP contribution in [0.15, 0.2) is 42.6 Å². The Morgan fingerprint density at radius 2 is 2.00 bits per heavy atom. The molecule has 2 aromatic rings. The standard InChI is InChI=1S/C25H31N3O6/c1-25(2,3)34-24(32)28(21-7-4-5-10-26-21)11-6-12-33-20-9-8-17-13-18(15-22(29)30)23(31)27-16-19(17)14-20/h4-5,7-10,14,18H,6,11-13,15-16H2,1-3H3,(H,27,31)(H,29,30). The number of nitrogens with zero attached hydrogens (tertiary/aromatic N) is 2. The van der Waals surface area contributed by atoms with Gasteiger partial charge in [0.25, 0.3) is 0 Å². The third-order valence-electron chi connectivity index (χ3n) is 5.22. The zero-order valence-corrected chi connectivity index (χ0v) is 19.7. The summed E-state index contributed by atoms with van der Waals surface area (Å²) in [7, 11) is 0. The lowest BCUT2D eigenvalue weighted by Crippen LogP contribution is -2.38. The van der Waals surface area contributed by atoms with E-state index in [1.165, 1.54) is 4.90 Å². The van der Waals surface area contributed by atoms with Crippen molar-refractivity contribution in [1.82, 2.24) is 10.3 Å². The van der Waals surface area contributed by atoms with Crippen LogP contribution < -0.4 is 15.0 Å². The molecule has 0 saturated carbocycles. The van der Waals surface area contributed by atoms with Crippen molar-refractivity contribution in [1.29, 1.82) is 0 Å². The third-order valence-corrected chi connectivity index (χ3v) is 5.22. The normalized spacial score (nSPS) is 15.5. The maximum absolute atomic E-state index is 12.7. The molecule has 2 N–H and O–H groups in total. The molecule has 34 heavy (non-hydrogen) atoms. The number of anilines is 1. The fraction of sp³-hybridized carbons (Fsp3) is 0.440. The topological polar surface area (TPSA) is 118 Å². The minimum atomic E-state index is -0.991. The van der Waals surface area contributed by atoms with Crippen molar-refractivity contribution in [2.24, 2.45) is 5.92 Å². The van der Waals surface area contributed by atoms with Crippen molar-refractivity contribution in [3.63, 3.8) is 0 Å². The van der Waals surface area contributed by atoms with Gasteiger partial charge in [-0.05, 0) is 69.0 Å². The second kappa shape index (κ2) is 11.0. The molecule has 0 radical (unpaired) electrons. The number of rotatable bonds is 8. The summed E-state index contributed by atoms with van der Waals surface area (Å²) in [5, 5.41) is 11.8. The third kappa shape index (κ3) is 7.19. The fourth-order valence-electron chi connectivity index (χ4n) is 3.66. The first-order valence-corrected chi connectivity index (χ1v) is 11.3. The maximum atomic E-state index is 12.7. The van der Waals surface area contributed by atoms with Gasteiger partial charge in [0.05, 0.1) is 18.9 Å². The van der Waals surface area contributed by atoms with Gasteiger partial charge in [-0.1, -0.05) is 12.1 Å². The number of aliphatic carboxylic acids is 1. The Labute approximate surface area is 199 Å². The Morgan fingerprint density at radius 1 is 1.21 bits per heavy atom. The number of fused-ring (bicyclic) bond motifs is 1. The van der Waals surface area contributed by atoms with Gasteiger partial charge in [0.2, 0.25) is 5.91 Å². The summed E-state index contributed by atoms with van der Waals surface area (Å²) in [5.74, 6) is -0.678. The number of carbonyl (C=O) groups excluding carboxylic acids is 2. The van der Waals surface area contributed by atoms with Crippen LogP contribution in [0.2, 0.25) is 0 Å². The highest BCUT2D eigenvalue weighted by atomic mass is 16.6. The van der Waals surface area contributed by atoms with E-state index in [1.54, 1.807) is 18.3 Å². The van der Waals surface area contributed by atoms with E-state index in [2.05, 4.69) is 10.3 Å². The Morgan fingerprint density at radius 3 is 2.68 bits per heavy atom. The van der Waals surface area contributed by atoms with Crippen molar-refractivity contribution in [3.05, 3.63) is 53.7 Å². The number of carbonyl (C=O) groups is 3. The van der Waals surface area contributed by atoms with Crippen LogP contribution in [0.25, 0.3) is 0 Å². The van der Waals surface area contributed by atoms with Crippen molar-refractivity contribution in [2.75, 3.05) is 18.1 Å². The number of benzene rings is 1. The molecule has 1 unspecified atom stereocenters. The lowest BCUT2D eigenvalue weighted by Gasteiger charge is -2.26. The number of aromatic nitrogens is 1. The summed E-state index contributed by atoms with van der Waals surface area (Å²) < 4.78 is 11.4. The first-order valence-electron chi connectivity index (χ1n) is 11.3. The second-order valence-electron chi connectivity index (χ2n) is 9.17. The number of ether oxygens (including phenoxy) is 2. The molecule has 0 spiro atoms. The number of nitrogens with one attached hydrogen (secondary N) is 1. The number of hydrogen-bond acceptors (Lipinski definition) is 6. The summed E-state index contributed by atoms with van der Waals surface area (Å²) in [4.78, 5) is 41.7. The molecule has 2 amide bonds. The smallest absolute Gasteiger partial charge is 0.416 e. The molecule has 1 aliphatic heterocycles. The zero-order chi connectivity index (χ0) is 24.7. The lowest BCUT2D eigenvalue weighted by molar-refractivity contribution is -0.141. The monoisotopic (exact) mass is 469 g/mol. The molecule has 1 atom stereocenters. The Balaban J connectivity index is 1.59. The highest BCUT2D eigenvalue weighted by Crippen LogP contribution is 2.25. The average molecular weight is 470 g/mol. The van der Waals surface area contributed by atoms with Gasteiger partial charge in [0, 0.05) is 19.3 Å². The van der Waals surface area contributed by atoms with Crippen LogP contribution in [0.1, 0.15) is 44.7 Å². The molecule has 9 nitrogen and oxygen atoms in total. The molecule has 2 heterocycles. The number of pyridine rings is 1. The number of carboxylic acid groups (broad SMARTS) is 1. The molecule has 0 saturated heterocycles. The van der Waals surface area contributed by atoms with Crippen LogP contribution in [0.4, 0.5) is 10.6 Å². The molecule has 3 rings (SSSR count). The van der Waals surface area contributed by atoms with E-state index in [4.69, 9.17) is 14.6 Å². The van der Waals surface area contributed by atoms with E-state index in [1.807, 2.05) is 45.0 Å². The van der Waals surface area contributed by atoms with E-state index in [0.29, 0.717) is 44.1 Å². The van der Waals surface area contributed by atoms with Gasteiger partial charge in [-0.2, -0.15) is 0 Å². The SMILES string of the molecule is CC(C)(C)OC(=O)N(CCCOc1ccc2c(c1)CNC(=O)C(CC(=O)O)C2)c1ccccn1. The minimum absolute atomic E-state index is 0.200. The predicted molar refractivity (Wildman–Crippen MR) is 126 cm³/mol. The van der Waals surface area contributed by atoms with Crippen LogP contribution in [0.5, 0.6) is 5.75 Å². The summed E-state index contributed by atoms with van der Waals surface area (Å²) >= 11 is 0. The molecule has 0 bridgehead atoms. The molecule has 1 aliphatic rings. The molecule has 9 heteroatoms. The van der Waals surface area contributed by atoms with E-state index < -0.39 is 23.6 Å². The van der Waals surface area contributed by atoms with Gasteiger partial charge in [-0.3, -0.25) is 14.5 Å². The second-order valence-corrected chi connectivity index (χ2v) is 9.17. The van der Waals surface area contributed by atoms with Gasteiger partial charge in [-0.25, -0.2) is 9.78 Å². The van der Waals surface area contributed by atoms with E-state index >= 15 is 0 Å². The van der Waals surface area contributed by atoms with Crippen LogP contribution in [-0.4, -0.2) is 46.8 Å². The predicted octanol–water partition coefficient (Wildman–Crippen LogP) is 3.56. The summed E-state index contributed by atoms with van der Waals surface area (Å²) in [6.07, 6.45) is 1.88. The lowest BCUT2D eigenvalue weighted by atomic mass is 9.94. The summed E-state index contributed by atoms with van der Waals surface area (Å²) in [5.41, 5.74) is 1.22. The molecular weight excluding hydrogens is 438 g/mol. The van der Waals surface area contributed by atoms with E-state index in [9.17, 15) is 14.4 Å². The van der Waals surface area contributed by atoms with Gasteiger partial charge in [-0.15, -0.1) is 0 Å². The van der Waals surface area contributed by atoms with E-state index in [-0.39, 0.29) is 12.3 Å². The van der Waals surface area contributed by atoms with Gasteiger partial charge in [0.1, 0.15) is 17.2 Å². The van der Waals surface area contributed by atoms with Crippen LogP contribution >= 0.6 is 0 Å². The largest absolute Gasteiger partial charge is 0.494 e. The molecule has 0 fully saturated rings. The zero-order valence-electron chi connectivity index (χ0n) is 19.7. The van der Waals surface area contributed by atoms with Crippen molar-refractivity contribution in [2.45, 2.75) is 52.2 Å². The van der Waals surface area contributed by atoms with Crippen molar-refractivity contribution in [3.8, 4) is 5.75 Å². The maximum Gasteiger partial charge on any atom is 0.416 e. The van der Waals surface area contributed by atoms with Gasteiger partial charge < -0.3 is 19.9 Å². The Hall–Kier alpha value is -3.62. The quantitative estimate of drug-likeness (QED) is 0.568. The Bertz CT molecular complexity index is 1020. The van der Waals surface area contributed by atoms with Crippen LogP contribution in [0, 0.1) is 5.92 Å². The van der Waals surface area contributed by atoms with Gasteiger partial charge in [0.15, 0.2) is 0 Å². The molecule has 182 valence electrons. The molecule has 0 aliphatic carbocycles. The average Bonchev–Trinajstić information content (AvgIpc) is 2.91. The van der Waals surface area contributed by atoms with Crippen molar-refractivity contribution >= 4 is 23.8 Å². The number of hydrogen-bond donors (Lipinski definition) is 2. The Kier molecular flexibility index (Phi) is 8.09. The first kappa shape index (κ1) is 25.0. The van der Waals surface area contributed by atoms with E-state index in [0.717, 1.165) is 11.1 Å². The first-order chi connectivity index (χ1) is 16.1. The molecule has 1 aromatic carbocycles. The number of carboxylic acids is 1. The van der Waals surface area contributed by atoms with Gasteiger partial charge >= 0.3 is 12.1 Å². The fourth-order valence-corrected chi connectivity index (χ4v) is 3.66. The highest BCUT2D eigenvalue weighted by Gasteiger charge is 2.26. The van der Waals surface area contributed by atoms with Crippen LogP contribution in [0.3, 0.4) is 0 Å². The van der Waals surface area contributed by atoms with Crippen molar-refractivity contribution < 1.29 is 29.0 Å². The molecular formula is C25H31N3O6. The highest BCUT2D eigenvalue weighted by molar-refractivity contribution is 5.86. The molecule has 1 aromatic heterocycles. The minimum Gasteiger partial charge on any atom is -0.494 e. The number of amides is 2. The summed E-state index contributed by atoms with van der Waals surface area (Å²) in [6.45, 7) is 6.50. The summed E-state index contributed by atoms with van der Waals surface area (Å²) in [6, 6.07) is 10.9.